The molecule has 1 aliphatic heterocycles. The number of hydrogen-bond donors (Lipinski definition) is 1. The van der Waals surface area contributed by atoms with Gasteiger partial charge in [-0.3, -0.25) is 9.59 Å². The van der Waals surface area contributed by atoms with Gasteiger partial charge in [0.1, 0.15) is 5.70 Å². The van der Waals surface area contributed by atoms with Crippen LogP contribution in [-0.2, 0) is 9.59 Å². The molecule has 0 aromatic heterocycles. The number of carbonyl (C=O) groups is 2. The second kappa shape index (κ2) is 7.98. The Morgan fingerprint density at radius 3 is 2.23 bits per heavy atom. The van der Waals surface area contributed by atoms with Crippen molar-refractivity contribution in [3.8, 4) is 0 Å². The SMILES string of the molecule is Cc1ccc(NC2=C(c3ccccc3)C(=O)N(c3cccc(Cl)c3C)C2=O)cc1Cl. The first-order valence-corrected chi connectivity index (χ1v) is 10.1. The molecular weight excluding hydrogens is 419 g/mol. The van der Waals surface area contributed by atoms with E-state index in [4.69, 9.17) is 23.2 Å². The van der Waals surface area contributed by atoms with Crippen LogP contribution in [0.1, 0.15) is 16.7 Å². The van der Waals surface area contributed by atoms with E-state index in [1.54, 1.807) is 43.3 Å². The smallest absolute Gasteiger partial charge is 0.282 e. The van der Waals surface area contributed by atoms with Gasteiger partial charge in [-0.2, -0.15) is 0 Å². The lowest BCUT2D eigenvalue weighted by Gasteiger charge is -2.18. The number of carbonyl (C=O) groups excluding carboxylic acids is 2. The number of nitrogens with zero attached hydrogens (tertiary/aromatic N) is 1. The van der Waals surface area contributed by atoms with Crippen molar-refractivity contribution < 1.29 is 9.59 Å². The normalized spacial score (nSPS) is 13.9. The highest BCUT2D eigenvalue weighted by atomic mass is 35.5. The van der Waals surface area contributed by atoms with Crippen molar-refractivity contribution in [2.45, 2.75) is 13.8 Å². The zero-order valence-electron chi connectivity index (χ0n) is 16.4. The van der Waals surface area contributed by atoms with Gasteiger partial charge in [0, 0.05) is 15.7 Å². The van der Waals surface area contributed by atoms with Crippen molar-refractivity contribution in [1.29, 1.82) is 0 Å². The number of nitrogens with one attached hydrogen (secondary N) is 1. The molecule has 4 rings (SSSR count). The summed E-state index contributed by atoms with van der Waals surface area (Å²) in [5.41, 5.74) is 3.82. The monoisotopic (exact) mass is 436 g/mol. The Balaban J connectivity index is 1.85. The van der Waals surface area contributed by atoms with Crippen molar-refractivity contribution in [3.63, 3.8) is 0 Å². The van der Waals surface area contributed by atoms with Gasteiger partial charge in [0.2, 0.25) is 0 Å². The van der Waals surface area contributed by atoms with E-state index in [0.717, 1.165) is 5.56 Å². The fourth-order valence-corrected chi connectivity index (χ4v) is 3.74. The Kier molecular flexibility index (Phi) is 5.37. The second-order valence-corrected chi connectivity index (χ2v) is 7.85. The molecule has 3 aromatic carbocycles. The molecule has 1 aliphatic rings. The first kappa shape index (κ1) is 20.2. The minimum Gasteiger partial charge on any atom is -0.350 e. The van der Waals surface area contributed by atoms with Gasteiger partial charge in [0.25, 0.3) is 11.8 Å². The molecule has 6 heteroatoms. The summed E-state index contributed by atoms with van der Waals surface area (Å²) in [5.74, 6) is -0.849. The van der Waals surface area contributed by atoms with Crippen molar-refractivity contribution >= 4 is 52.0 Å². The lowest BCUT2D eigenvalue weighted by atomic mass is 10.0. The molecule has 0 radical (unpaired) electrons. The summed E-state index contributed by atoms with van der Waals surface area (Å²) in [5, 5.41) is 4.18. The van der Waals surface area contributed by atoms with Crippen LogP contribution in [0.15, 0.2) is 72.4 Å². The summed E-state index contributed by atoms with van der Waals surface area (Å²) in [6, 6.07) is 19.7. The van der Waals surface area contributed by atoms with E-state index in [1.165, 1.54) is 4.90 Å². The van der Waals surface area contributed by atoms with Gasteiger partial charge < -0.3 is 5.32 Å². The first-order valence-electron chi connectivity index (χ1n) is 9.35. The number of halogens is 2. The molecule has 2 amide bonds. The van der Waals surface area contributed by atoms with Gasteiger partial charge in [0.05, 0.1) is 11.3 Å². The molecule has 3 aromatic rings. The van der Waals surface area contributed by atoms with E-state index in [9.17, 15) is 9.59 Å². The highest BCUT2D eigenvalue weighted by Gasteiger charge is 2.41. The van der Waals surface area contributed by atoms with Crippen LogP contribution in [0, 0.1) is 13.8 Å². The number of hydrogen-bond acceptors (Lipinski definition) is 3. The third-order valence-corrected chi connectivity index (χ3v) is 5.88. The van der Waals surface area contributed by atoms with Gasteiger partial charge in [-0.25, -0.2) is 4.90 Å². The molecule has 150 valence electrons. The fourth-order valence-electron chi connectivity index (χ4n) is 3.39. The van der Waals surface area contributed by atoms with E-state index < -0.39 is 11.8 Å². The molecule has 0 saturated carbocycles. The third kappa shape index (κ3) is 3.49. The molecule has 1 heterocycles. The molecule has 0 bridgehead atoms. The predicted molar refractivity (Wildman–Crippen MR) is 122 cm³/mol. The van der Waals surface area contributed by atoms with Crippen LogP contribution >= 0.6 is 23.2 Å². The Morgan fingerprint density at radius 1 is 0.800 bits per heavy atom. The average molecular weight is 437 g/mol. The highest BCUT2D eigenvalue weighted by Crippen LogP contribution is 2.37. The summed E-state index contributed by atoms with van der Waals surface area (Å²) >= 11 is 12.5. The van der Waals surface area contributed by atoms with E-state index in [2.05, 4.69) is 5.32 Å². The predicted octanol–water partition coefficient (Wildman–Crippen LogP) is 6.01. The standard InChI is InChI=1S/C24H18Cl2N2O2/c1-14-11-12-17(13-19(14)26)27-22-21(16-7-4-3-5-8-16)23(29)28(24(22)30)20-10-6-9-18(25)15(20)2/h3-13,27H,1-2H3. The fraction of sp³-hybridized carbons (Fsp3) is 0.0833. The molecule has 30 heavy (non-hydrogen) atoms. The van der Waals surface area contributed by atoms with Gasteiger partial charge >= 0.3 is 0 Å². The number of anilines is 2. The quantitative estimate of drug-likeness (QED) is 0.509. The number of aryl methyl sites for hydroxylation is 1. The number of rotatable bonds is 4. The minimum absolute atomic E-state index is 0.200. The maximum absolute atomic E-state index is 13.4. The van der Waals surface area contributed by atoms with Crippen molar-refractivity contribution in [1.82, 2.24) is 0 Å². The van der Waals surface area contributed by atoms with Crippen LogP contribution in [0.3, 0.4) is 0 Å². The topological polar surface area (TPSA) is 49.4 Å². The Morgan fingerprint density at radius 2 is 1.53 bits per heavy atom. The minimum atomic E-state index is -0.444. The van der Waals surface area contributed by atoms with E-state index in [-0.39, 0.29) is 5.70 Å². The zero-order chi connectivity index (χ0) is 21.4. The van der Waals surface area contributed by atoms with Crippen LogP contribution in [0.25, 0.3) is 5.57 Å². The van der Waals surface area contributed by atoms with Gasteiger partial charge in [-0.15, -0.1) is 0 Å². The summed E-state index contributed by atoms with van der Waals surface area (Å²) in [6.45, 7) is 3.68. The first-order chi connectivity index (χ1) is 14.4. The maximum atomic E-state index is 13.4. The van der Waals surface area contributed by atoms with Crippen LogP contribution in [-0.4, -0.2) is 11.8 Å². The largest absolute Gasteiger partial charge is 0.350 e. The molecule has 0 unspecified atom stereocenters. The Hall–Kier alpha value is -3.08. The third-order valence-electron chi connectivity index (χ3n) is 5.07. The van der Waals surface area contributed by atoms with Gasteiger partial charge in [0.15, 0.2) is 0 Å². The van der Waals surface area contributed by atoms with Gasteiger partial charge in [-0.1, -0.05) is 65.7 Å². The molecular formula is C24H18Cl2N2O2. The van der Waals surface area contributed by atoms with Gasteiger partial charge in [-0.05, 0) is 54.8 Å². The van der Waals surface area contributed by atoms with Crippen LogP contribution in [0.4, 0.5) is 11.4 Å². The molecule has 0 fully saturated rings. The number of imide groups is 1. The number of amides is 2. The molecule has 0 spiro atoms. The number of benzene rings is 3. The molecule has 0 saturated heterocycles. The Bertz CT molecular complexity index is 1200. The second-order valence-electron chi connectivity index (χ2n) is 7.03. The van der Waals surface area contributed by atoms with Crippen LogP contribution in [0.2, 0.25) is 10.0 Å². The van der Waals surface area contributed by atoms with Crippen LogP contribution in [0.5, 0.6) is 0 Å². The van der Waals surface area contributed by atoms with Crippen LogP contribution < -0.4 is 10.2 Å². The summed E-state index contributed by atoms with van der Waals surface area (Å²) in [7, 11) is 0. The molecule has 0 atom stereocenters. The summed E-state index contributed by atoms with van der Waals surface area (Å²) in [4.78, 5) is 28.0. The summed E-state index contributed by atoms with van der Waals surface area (Å²) in [6.07, 6.45) is 0. The van der Waals surface area contributed by atoms with E-state index >= 15 is 0 Å². The van der Waals surface area contributed by atoms with Crippen molar-refractivity contribution in [2.24, 2.45) is 0 Å². The zero-order valence-corrected chi connectivity index (χ0v) is 17.9. The molecule has 4 nitrogen and oxygen atoms in total. The summed E-state index contributed by atoms with van der Waals surface area (Å²) < 4.78 is 0. The molecule has 1 N–H and O–H groups in total. The lowest BCUT2D eigenvalue weighted by molar-refractivity contribution is -0.120. The van der Waals surface area contributed by atoms with E-state index in [1.807, 2.05) is 37.3 Å². The maximum Gasteiger partial charge on any atom is 0.282 e. The van der Waals surface area contributed by atoms with Crippen molar-refractivity contribution in [3.05, 3.63) is 99.2 Å². The van der Waals surface area contributed by atoms with Crippen molar-refractivity contribution in [2.75, 3.05) is 10.2 Å². The molecule has 0 aliphatic carbocycles. The van der Waals surface area contributed by atoms with E-state index in [0.29, 0.717) is 38.1 Å². The average Bonchev–Trinajstić information content (AvgIpc) is 2.97. The Labute approximate surface area is 184 Å². The lowest BCUT2D eigenvalue weighted by Crippen LogP contribution is -2.33. The highest BCUT2D eigenvalue weighted by molar-refractivity contribution is 6.46.